The van der Waals surface area contributed by atoms with E-state index >= 15 is 0 Å². The van der Waals surface area contributed by atoms with Crippen LogP contribution in [0.2, 0.25) is 0 Å². The van der Waals surface area contributed by atoms with Crippen LogP contribution in [-0.2, 0) is 6.54 Å². The molecule has 11 heteroatoms. The van der Waals surface area contributed by atoms with Crippen molar-refractivity contribution in [2.24, 2.45) is 5.92 Å². The third-order valence-corrected chi connectivity index (χ3v) is 8.74. The predicted octanol–water partition coefficient (Wildman–Crippen LogP) is 6.20. The van der Waals surface area contributed by atoms with Gasteiger partial charge in [-0.25, -0.2) is 0 Å². The highest BCUT2D eigenvalue weighted by atomic mass is 79.9. The summed E-state index contributed by atoms with van der Waals surface area (Å²) in [6, 6.07) is 7.65. The number of nitrogens with one attached hydrogen (secondary N) is 2. The summed E-state index contributed by atoms with van der Waals surface area (Å²) in [7, 11) is 0. The second-order valence-electron chi connectivity index (χ2n) is 9.97. The molecule has 1 saturated heterocycles. The second kappa shape index (κ2) is 11.5. The first-order valence-electron chi connectivity index (χ1n) is 12.5. The normalized spacial score (nSPS) is 16.2. The molecule has 3 aromatic rings. The van der Waals surface area contributed by atoms with E-state index in [9.17, 15) is 22.8 Å². The number of thioether (sulfide) groups is 1. The first kappa shape index (κ1) is 28.8. The SMILES string of the molecule is CSc1cc(C)[nH]c(=O)c1CNC(=O)c1c(C)n([C@H](C)C2CCN(CC(F)(F)F)CC2)c2cc(Br)ccc12. The van der Waals surface area contributed by atoms with E-state index < -0.39 is 12.7 Å². The Balaban J connectivity index is 1.61. The topological polar surface area (TPSA) is 70.1 Å². The molecule has 38 heavy (non-hydrogen) atoms. The number of hydrogen-bond acceptors (Lipinski definition) is 4. The monoisotopic (exact) mass is 612 g/mol. The predicted molar refractivity (Wildman–Crippen MR) is 149 cm³/mol. The number of aromatic amines is 1. The maximum atomic E-state index is 13.5. The van der Waals surface area contributed by atoms with Crippen LogP contribution < -0.4 is 10.9 Å². The minimum Gasteiger partial charge on any atom is -0.348 e. The second-order valence-corrected chi connectivity index (χ2v) is 11.7. The highest BCUT2D eigenvalue weighted by Gasteiger charge is 2.34. The number of rotatable bonds is 7. The first-order valence-corrected chi connectivity index (χ1v) is 14.6. The first-order chi connectivity index (χ1) is 17.9. The zero-order chi connectivity index (χ0) is 27.8. The van der Waals surface area contributed by atoms with Crippen molar-refractivity contribution in [3.63, 3.8) is 0 Å². The van der Waals surface area contributed by atoms with Crippen LogP contribution in [0.15, 0.2) is 38.4 Å². The summed E-state index contributed by atoms with van der Waals surface area (Å²) in [5.74, 6) is -0.0910. The number of piperidine rings is 1. The quantitative estimate of drug-likeness (QED) is 0.312. The van der Waals surface area contributed by atoms with E-state index in [-0.39, 0.29) is 30.0 Å². The Kier molecular flexibility index (Phi) is 8.68. The molecule has 206 valence electrons. The van der Waals surface area contributed by atoms with E-state index in [1.165, 1.54) is 16.7 Å². The summed E-state index contributed by atoms with van der Waals surface area (Å²) in [6.45, 7) is 5.82. The number of aromatic nitrogens is 2. The molecule has 1 atom stereocenters. The van der Waals surface area contributed by atoms with Crippen molar-refractivity contribution in [3.8, 4) is 0 Å². The van der Waals surface area contributed by atoms with Crippen molar-refractivity contribution >= 4 is 44.5 Å². The lowest BCUT2D eigenvalue weighted by Crippen LogP contribution is -2.41. The van der Waals surface area contributed by atoms with Crippen molar-refractivity contribution in [2.45, 2.75) is 57.3 Å². The van der Waals surface area contributed by atoms with Gasteiger partial charge in [-0.2, -0.15) is 13.2 Å². The van der Waals surface area contributed by atoms with E-state index in [1.54, 1.807) is 0 Å². The Hall–Kier alpha value is -2.24. The molecular weight excluding hydrogens is 581 g/mol. The van der Waals surface area contributed by atoms with Crippen LogP contribution in [0.1, 0.15) is 53.1 Å². The lowest BCUT2D eigenvalue weighted by atomic mass is 9.90. The smallest absolute Gasteiger partial charge is 0.348 e. The Morgan fingerprint density at radius 1 is 1.24 bits per heavy atom. The number of nitrogens with zero attached hydrogens (tertiary/aromatic N) is 2. The molecule has 0 aliphatic carbocycles. The number of alkyl halides is 3. The fourth-order valence-electron chi connectivity index (χ4n) is 5.57. The highest BCUT2D eigenvalue weighted by molar-refractivity contribution is 9.10. The molecule has 1 amide bonds. The maximum absolute atomic E-state index is 13.5. The molecule has 6 nitrogen and oxygen atoms in total. The van der Waals surface area contributed by atoms with E-state index in [2.05, 4.69) is 37.7 Å². The number of aryl methyl sites for hydroxylation is 1. The zero-order valence-electron chi connectivity index (χ0n) is 21.8. The number of likely N-dealkylation sites (tertiary alicyclic amines) is 1. The van der Waals surface area contributed by atoms with Gasteiger partial charge in [0.2, 0.25) is 0 Å². The van der Waals surface area contributed by atoms with Crippen LogP contribution in [0, 0.1) is 19.8 Å². The fourth-order valence-corrected chi connectivity index (χ4v) is 6.63. The number of fused-ring (bicyclic) bond motifs is 1. The molecule has 1 aromatic carbocycles. The molecule has 0 unspecified atom stereocenters. The summed E-state index contributed by atoms with van der Waals surface area (Å²) in [5.41, 5.74) is 3.29. The summed E-state index contributed by atoms with van der Waals surface area (Å²) < 4.78 is 41.6. The molecule has 0 radical (unpaired) electrons. The summed E-state index contributed by atoms with van der Waals surface area (Å²) in [5, 5.41) is 3.75. The third kappa shape index (κ3) is 6.15. The van der Waals surface area contributed by atoms with Crippen molar-refractivity contribution in [1.29, 1.82) is 0 Å². The van der Waals surface area contributed by atoms with Crippen molar-refractivity contribution < 1.29 is 18.0 Å². The van der Waals surface area contributed by atoms with E-state index in [1.807, 2.05) is 44.4 Å². The number of amides is 1. The molecule has 1 aliphatic heterocycles. The summed E-state index contributed by atoms with van der Waals surface area (Å²) in [4.78, 5) is 31.2. The standard InChI is InChI=1S/C27H32BrF3N4O2S/c1-15-11-23(38-4)21(25(36)33-15)13-32-26(37)24-17(3)35(22-12-19(28)5-6-20(22)24)16(2)18-7-9-34(10-8-18)14-27(29,30)31/h5-6,11-12,16,18H,7-10,13-14H2,1-4H3,(H,32,37)(H,33,36)/t16-/m1/s1. The molecule has 0 saturated carbocycles. The molecule has 0 bridgehead atoms. The largest absolute Gasteiger partial charge is 0.401 e. The van der Waals surface area contributed by atoms with Gasteiger partial charge in [0, 0.05) is 44.3 Å². The van der Waals surface area contributed by atoms with Gasteiger partial charge < -0.3 is 14.9 Å². The van der Waals surface area contributed by atoms with E-state index in [4.69, 9.17) is 0 Å². The Labute approximate surface area is 232 Å². The van der Waals surface area contributed by atoms with Gasteiger partial charge in [-0.3, -0.25) is 14.5 Å². The number of H-pyrrole nitrogens is 1. The lowest BCUT2D eigenvalue weighted by Gasteiger charge is -2.36. The average molecular weight is 614 g/mol. The van der Waals surface area contributed by atoms with Crippen LogP contribution in [0.3, 0.4) is 0 Å². The van der Waals surface area contributed by atoms with Gasteiger partial charge in [-0.15, -0.1) is 11.8 Å². The molecule has 0 spiro atoms. The average Bonchev–Trinajstić information content (AvgIpc) is 3.12. The summed E-state index contributed by atoms with van der Waals surface area (Å²) >= 11 is 5.00. The van der Waals surface area contributed by atoms with E-state index in [0.717, 1.165) is 31.7 Å². The fraction of sp³-hybridized carbons (Fsp3) is 0.481. The zero-order valence-corrected chi connectivity index (χ0v) is 24.2. The molecule has 2 aromatic heterocycles. The van der Waals surface area contributed by atoms with Crippen molar-refractivity contribution in [3.05, 3.63) is 61.6 Å². The van der Waals surface area contributed by atoms with Crippen molar-refractivity contribution in [1.82, 2.24) is 19.8 Å². The minimum absolute atomic E-state index is 0.00979. The highest BCUT2D eigenvalue weighted by Crippen LogP contribution is 2.37. The van der Waals surface area contributed by atoms with Crippen LogP contribution in [0.4, 0.5) is 13.2 Å². The van der Waals surface area contributed by atoms with Gasteiger partial charge in [-0.05, 0) is 77.1 Å². The van der Waals surface area contributed by atoms with Gasteiger partial charge >= 0.3 is 6.18 Å². The van der Waals surface area contributed by atoms with Crippen LogP contribution in [0.25, 0.3) is 10.9 Å². The molecule has 1 aliphatic rings. The summed E-state index contributed by atoms with van der Waals surface area (Å²) in [6.07, 6.45) is -0.997. The number of benzene rings is 1. The van der Waals surface area contributed by atoms with Crippen LogP contribution >= 0.6 is 27.7 Å². The van der Waals surface area contributed by atoms with Crippen molar-refractivity contribution in [2.75, 3.05) is 25.9 Å². The Morgan fingerprint density at radius 2 is 1.92 bits per heavy atom. The van der Waals surface area contributed by atoms with Gasteiger partial charge in [0.25, 0.3) is 11.5 Å². The van der Waals surface area contributed by atoms with Gasteiger partial charge in [0.15, 0.2) is 0 Å². The minimum atomic E-state index is -4.19. The molecular formula is C27H32BrF3N4O2S. The number of carbonyl (C=O) groups is 1. The Morgan fingerprint density at radius 3 is 2.55 bits per heavy atom. The Bertz CT molecular complexity index is 1390. The number of pyridine rings is 1. The number of carbonyl (C=O) groups excluding carboxylic acids is 1. The number of hydrogen-bond donors (Lipinski definition) is 2. The molecule has 2 N–H and O–H groups in total. The maximum Gasteiger partial charge on any atom is 0.401 e. The van der Waals surface area contributed by atoms with Crippen LogP contribution in [-0.4, -0.2) is 52.4 Å². The van der Waals surface area contributed by atoms with Gasteiger partial charge in [0.1, 0.15) is 0 Å². The molecule has 3 heterocycles. The molecule has 4 rings (SSSR count). The van der Waals surface area contributed by atoms with Crippen LogP contribution in [0.5, 0.6) is 0 Å². The van der Waals surface area contributed by atoms with E-state index in [0.29, 0.717) is 37.1 Å². The lowest BCUT2D eigenvalue weighted by molar-refractivity contribution is -0.149. The van der Waals surface area contributed by atoms with Gasteiger partial charge in [-0.1, -0.05) is 22.0 Å². The molecule has 1 fully saturated rings. The van der Waals surface area contributed by atoms with Gasteiger partial charge in [0.05, 0.1) is 17.6 Å². The third-order valence-electron chi connectivity index (χ3n) is 7.44. The number of halogens is 4.